The summed E-state index contributed by atoms with van der Waals surface area (Å²) in [7, 11) is 1.54. The molecule has 1 amide bonds. The molecular weight excluding hydrogens is 392 g/mol. The van der Waals surface area contributed by atoms with E-state index in [1.165, 1.54) is 24.1 Å². The average molecular weight is 415 g/mol. The highest BCUT2D eigenvalue weighted by molar-refractivity contribution is 5.95. The molecule has 0 aliphatic carbocycles. The van der Waals surface area contributed by atoms with Crippen molar-refractivity contribution in [3.05, 3.63) is 76.5 Å². The Morgan fingerprint density at radius 1 is 1.20 bits per heavy atom. The van der Waals surface area contributed by atoms with Crippen molar-refractivity contribution in [1.82, 2.24) is 4.90 Å². The Balaban J connectivity index is 2.06. The van der Waals surface area contributed by atoms with Crippen LogP contribution in [0.25, 0.3) is 0 Å². The fraction of sp³-hybridized carbons (Fsp3) is 0.304. The highest BCUT2D eigenvalue weighted by Gasteiger charge is 2.37. The lowest BCUT2D eigenvalue weighted by Gasteiger charge is -2.34. The fourth-order valence-electron chi connectivity index (χ4n) is 3.66. The van der Waals surface area contributed by atoms with Crippen molar-refractivity contribution < 1.29 is 27.8 Å². The van der Waals surface area contributed by atoms with Crippen LogP contribution in [0.5, 0.6) is 5.75 Å². The Hall–Kier alpha value is -3.22. The van der Waals surface area contributed by atoms with Gasteiger partial charge in [-0.15, -0.1) is 0 Å². The molecule has 2 aromatic rings. The summed E-state index contributed by atoms with van der Waals surface area (Å²) in [5.41, 5.74) is 1.45. The van der Waals surface area contributed by atoms with Gasteiger partial charge in [-0.1, -0.05) is 24.3 Å². The molecule has 1 heterocycles. The lowest BCUT2D eigenvalue weighted by atomic mass is 9.83. The smallest absolute Gasteiger partial charge is 0.336 e. The maximum absolute atomic E-state index is 14.2. The molecular formula is C23H23F2NO4. The summed E-state index contributed by atoms with van der Waals surface area (Å²) in [4.78, 5) is 27.1. The SMILES string of the molecule is CCOC(=O)C1=C(C)N(Cc2cccc(F)c2F)C(=O)CC1c1cccc(OC)c1. The quantitative estimate of drug-likeness (QED) is 0.659. The second-order valence-electron chi connectivity index (χ2n) is 6.95. The van der Waals surface area contributed by atoms with E-state index in [4.69, 9.17) is 9.47 Å². The van der Waals surface area contributed by atoms with Crippen LogP contribution in [-0.4, -0.2) is 30.5 Å². The van der Waals surface area contributed by atoms with Crippen molar-refractivity contribution in [1.29, 1.82) is 0 Å². The molecule has 0 saturated heterocycles. The van der Waals surface area contributed by atoms with Crippen LogP contribution in [0.4, 0.5) is 8.78 Å². The van der Waals surface area contributed by atoms with Gasteiger partial charge in [-0.25, -0.2) is 13.6 Å². The molecule has 0 spiro atoms. The molecule has 5 nitrogen and oxygen atoms in total. The molecule has 3 rings (SSSR count). The van der Waals surface area contributed by atoms with Gasteiger partial charge < -0.3 is 14.4 Å². The van der Waals surface area contributed by atoms with Crippen molar-refractivity contribution in [2.24, 2.45) is 0 Å². The van der Waals surface area contributed by atoms with Gasteiger partial charge in [0, 0.05) is 23.6 Å². The Bertz CT molecular complexity index is 1000. The zero-order valence-corrected chi connectivity index (χ0v) is 17.1. The van der Waals surface area contributed by atoms with Crippen molar-refractivity contribution >= 4 is 11.9 Å². The second-order valence-corrected chi connectivity index (χ2v) is 6.95. The van der Waals surface area contributed by atoms with Gasteiger partial charge in [0.2, 0.25) is 5.91 Å². The summed E-state index contributed by atoms with van der Waals surface area (Å²) in [6.07, 6.45) is -0.00438. The molecule has 0 fully saturated rings. The number of carbonyl (C=O) groups excluding carboxylic acids is 2. The monoisotopic (exact) mass is 415 g/mol. The number of carbonyl (C=O) groups is 2. The van der Waals surface area contributed by atoms with Crippen LogP contribution in [0.2, 0.25) is 0 Å². The number of hydrogen-bond acceptors (Lipinski definition) is 4. The van der Waals surface area contributed by atoms with Crippen LogP contribution in [-0.2, 0) is 20.9 Å². The maximum Gasteiger partial charge on any atom is 0.336 e. The van der Waals surface area contributed by atoms with Crippen LogP contribution in [0.1, 0.15) is 37.3 Å². The number of ether oxygens (including phenoxy) is 2. The molecule has 0 saturated carbocycles. The Kier molecular flexibility index (Phi) is 6.50. The third-order valence-electron chi connectivity index (χ3n) is 5.17. The van der Waals surface area contributed by atoms with Gasteiger partial charge in [-0.2, -0.15) is 0 Å². The molecule has 0 N–H and O–H groups in total. The van der Waals surface area contributed by atoms with Crippen LogP contribution >= 0.6 is 0 Å². The maximum atomic E-state index is 14.2. The van der Waals surface area contributed by atoms with Gasteiger partial charge in [-0.05, 0) is 37.6 Å². The third kappa shape index (κ3) is 4.20. The molecule has 1 unspecified atom stereocenters. The molecule has 0 radical (unpaired) electrons. The van der Waals surface area contributed by atoms with E-state index < -0.39 is 23.5 Å². The number of rotatable bonds is 6. The lowest BCUT2D eigenvalue weighted by Crippen LogP contribution is -2.38. The second kappa shape index (κ2) is 9.07. The number of allylic oxidation sites excluding steroid dienone is 1. The Morgan fingerprint density at radius 3 is 2.63 bits per heavy atom. The van der Waals surface area contributed by atoms with Gasteiger partial charge >= 0.3 is 5.97 Å². The minimum absolute atomic E-state index is 0.00438. The van der Waals surface area contributed by atoms with E-state index in [2.05, 4.69) is 0 Å². The van der Waals surface area contributed by atoms with Crippen molar-refractivity contribution in [2.45, 2.75) is 32.7 Å². The highest BCUT2D eigenvalue weighted by Crippen LogP contribution is 2.38. The zero-order chi connectivity index (χ0) is 21.8. The molecule has 7 heteroatoms. The zero-order valence-electron chi connectivity index (χ0n) is 17.1. The van der Waals surface area contributed by atoms with E-state index in [1.54, 1.807) is 32.0 Å². The Labute approximate surface area is 173 Å². The minimum atomic E-state index is -1.01. The third-order valence-corrected chi connectivity index (χ3v) is 5.17. The van der Waals surface area contributed by atoms with E-state index in [9.17, 15) is 18.4 Å². The molecule has 1 aliphatic heterocycles. The number of esters is 1. The molecule has 1 aliphatic rings. The van der Waals surface area contributed by atoms with Gasteiger partial charge in [0.15, 0.2) is 11.6 Å². The first-order chi connectivity index (χ1) is 14.4. The summed E-state index contributed by atoms with van der Waals surface area (Å²) in [5, 5.41) is 0. The molecule has 0 aromatic heterocycles. The summed E-state index contributed by atoms with van der Waals surface area (Å²) in [6, 6.07) is 11.0. The Morgan fingerprint density at radius 2 is 1.93 bits per heavy atom. The van der Waals surface area contributed by atoms with E-state index in [-0.39, 0.29) is 31.0 Å². The summed E-state index contributed by atoms with van der Waals surface area (Å²) >= 11 is 0. The van der Waals surface area contributed by atoms with Gasteiger partial charge in [-0.3, -0.25) is 4.79 Å². The largest absolute Gasteiger partial charge is 0.497 e. The molecule has 158 valence electrons. The van der Waals surface area contributed by atoms with E-state index in [0.717, 1.165) is 11.6 Å². The predicted molar refractivity (Wildman–Crippen MR) is 107 cm³/mol. The lowest BCUT2D eigenvalue weighted by molar-refractivity contribution is -0.140. The summed E-state index contributed by atoms with van der Waals surface area (Å²) < 4.78 is 38.3. The standard InChI is InChI=1S/C23H23F2NO4/c1-4-30-23(28)21-14(2)26(13-16-8-6-10-19(24)22(16)25)20(27)12-18(21)15-7-5-9-17(11-15)29-3/h5-11,18H,4,12-13H2,1-3H3. The number of methoxy groups -OCH3 is 1. The number of benzene rings is 2. The summed E-state index contributed by atoms with van der Waals surface area (Å²) in [5.74, 6) is -2.76. The van der Waals surface area contributed by atoms with Crippen molar-refractivity contribution in [3.63, 3.8) is 0 Å². The van der Waals surface area contributed by atoms with Gasteiger partial charge in [0.05, 0.1) is 25.8 Å². The number of hydrogen-bond donors (Lipinski definition) is 0. The molecule has 2 aromatic carbocycles. The highest BCUT2D eigenvalue weighted by atomic mass is 19.2. The minimum Gasteiger partial charge on any atom is -0.497 e. The van der Waals surface area contributed by atoms with Crippen LogP contribution in [0.3, 0.4) is 0 Å². The van der Waals surface area contributed by atoms with Crippen molar-refractivity contribution in [3.8, 4) is 5.75 Å². The molecule has 1 atom stereocenters. The number of nitrogens with zero attached hydrogens (tertiary/aromatic N) is 1. The molecule has 0 bridgehead atoms. The summed E-state index contributed by atoms with van der Waals surface area (Å²) in [6.45, 7) is 3.31. The van der Waals surface area contributed by atoms with Gasteiger partial charge in [0.1, 0.15) is 5.75 Å². The molecule has 30 heavy (non-hydrogen) atoms. The number of amides is 1. The first kappa shape index (κ1) is 21.5. The van der Waals surface area contributed by atoms with Gasteiger partial charge in [0.25, 0.3) is 0 Å². The first-order valence-corrected chi connectivity index (χ1v) is 9.62. The van der Waals surface area contributed by atoms with E-state index >= 15 is 0 Å². The van der Waals surface area contributed by atoms with Crippen molar-refractivity contribution in [2.75, 3.05) is 13.7 Å². The van der Waals surface area contributed by atoms with Crippen LogP contribution in [0, 0.1) is 11.6 Å². The topological polar surface area (TPSA) is 55.8 Å². The van der Waals surface area contributed by atoms with Crippen LogP contribution in [0.15, 0.2) is 53.7 Å². The van der Waals surface area contributed by atoms with Crippen LogP contribution < -0.4 is 4.74 Å². The number of halogens is 2. The van der Waals surface area contributed by atoms with E-state index in [0.29, 0.717) is 17.0 Å². The normalized spacial score (nSPS) is 16.6. The fourth-order valence-corrected chi connectivity index (χ4v) is 3.66. The predicted octanol–water partition coefficient (Wildman–Crippen LogP) is 4.33. The first-order valence-electron chi connectivity index (χ1n) is 9.62. The average Bonchev–Trinajstić information content (AvgIpc) is 2.73. The van der Waals surface area contributed by atoms with E-state index in [1.807, 2.05) is 6.07 Å².